The normalized spacial score (nSPS) is 18.0. The Hall–Kier alpha value is -1.10. The Bertz CT molecular complexity index is 416. The van der Waals surface area contributed by atoms with Crippen molar-refractivity contribution < 1.29 is 9.53 Å². The van der Waals surface area contributed by atoms with Gasteiger partial charge in [0, 0.05) is 24.8 Å². The topological polar surface area (TPSA) is 64.4 Å². The molecule has 0 saturated carbocycles. The van der Waals surface area contributed by atoms with Crippen LogP contribution in [0.4, 0.5) is 0 Å². The molecule has 4 nitrogen and oxygen atoms in total. The van der Waals surface area contributed by atoms with Gasteiger partial charge in [-0.1, -0.05) is 23.7 Å². The molecule has 1 aromatic rings. The Morgan fingerprint density at radius 3 is 2.63 bits per heavy atom. The van der Waals surface area contributed by atoms with Crippen molar-refractivity contribution in [3.05, 3.63) is 34.9 Å². The smallest absolute Gasteiger partial charge is 0.237 e. The van der Waals surface area contributed by atoms with E-state index in [1.54, 1.807) is 12.1 Å². The third-order valence-electron chi connectivity index (χ3n) is 3.46. The van der Waals surface area contributed by atoms with Crippen LogP contribution in [0.2, 0.25) is 5.02 Å². The Kier molecular flexibility index (Phi) is 5.19. The second kappa shape index (κ2) is 6.89. The number of carbonyl (C=O) groups is 1. The van der Waals surface area contributed by atoms with Gasteiger partial charge in [0.25, 0.3) is 0 Å². The highest BCUT2D eigenvalue weighted by Crippen LogP contribution is 2.17. The molecule has 0 radical (unpaired) electrons. The monoisotopic (exact) mass is 282 g/mol. The second-order valence-corrected chi connectivity index (χ2v) is 5.26. The standard InChI is InChI=1S/C14H19ClN2O2/c15-12-3-1-10(2-4-12)9-17-14(18)13(16)11-5-7-19-8-6-11/h1-4,11,13H,5-9,16H2,(H,17,18). The molecule has 1 aromatic carbocycles. The van der Waals surface area contributed by atoms with E-state index in [-0.39, 0.29) is 11.8 Å². The van der Waals surface area contributed by atoms with Crippen LogP contribution in [0.5, 0.6) is 0 Å². The lowest BCUT2D eigenvalue weighted by molar-refractivity contribution is -0.124. The summed E-state index contributed by atoms with van der Waals surface area (Å²) in [5, 5.41) is 3.56. The minimum Gasteiger partial charge on any atom is -0.381 e. The first-order valence-corrected chi connectivity index (χ1v) is 6.90. The summed E-state index contributed by atoms with van der Waals surface area (Å²) in [6.45, 7) is 1.87. The number of benzene rings is 1. The highest BCUT2D eigenvalue weighted by Gasteiger charge is 2.26. The summed E-state index contributed by atoms with van der Waals surface area (Å²) >= 11 is 5.81. The average molecular weight is 283 g/mol. The molecule has 5 heteroatoms. The zero-order valence-electron chi connectivity index (χ0n) is 10.8. The van der Waals surface area contributed by atoms with Gasteiger partial charge in [-0.05, 0) is 36.5 Å². The van der Waals surface area contributed by atoms with E-state index in [0.29, 0.717) is 24.8 Å². The first-order chi connectivity index (χ1) is 9.16. The van der Waals surface area contributed by atoms with Crippen molar-refractivity contribution >= 4 is 17.5 Å². The van der Waals surface area contributed by atoms with E-state index in [2.05, 4.69) is 5.32 Å². The van der Waals surface area contributed by atoms with Gasteiger partial charge in [0.15, 0.2) is 0 Å². The summed E-state index contributed by atoms with van der Waals surface area (Å²) in [5.41, 5.74) is 7.00. The summed E-state index contributed by atoms with van der Waals surface area (Å²) in [6, 6.07) is 6.95. The predicted molar refractivity (Wildman–Crippen MR) is 74.8 cm³/mol. The number of nitrogens with one attached hydrogen (secondary N) is 1. The van der Waals surface area contributed by atoms with E-state index in [4.69, 9.17) is 22.1 Å². The van der Waals surface area contributed by atoms with E-state index in [9.17, 15) is 4.79 Å². The van der Waals surface area contributed by atoms with Crippen LogP contribution in [0.15, 0.2) is 24.3 Å². The van der Waals surface area contributed by atoms with Gasteiger partial charge >= 0.3 is 0 Å². The second-order valence-electron chi connectivity index (χ2n) is 4.82. The fourth-order valence-corrected chi connectivity index (χ4v) is 2.32. The average Bonchev–Trinajstić information content (AvgIpc) is 2.46. The van der Waals surface area contributed by atoms with Gasteiger partial charge in [-0.15, -0.1) is 0 Å². The summed E-state index contributed by atoms with van der Waals surface area (Å²) in [4.78, 5) is 12.0. The van der Waals surface area contributed by atoms with E-state index >= 15 is 0 Å². The molecule has 1 atom stereocenters. The van der Waals surface area contributed by atoms with Gasteiger partial charge in [-0.2, -0.15) is 0 Å². The molecule has 2 rings (SSSR count). The van der Waals surface area contributed by atoms with Crippen LogP contribution in [-0.4, -0.2) is 25.2 Å². The summed E-state index contributed by atoms with van der Waals surface area (Å²) in [7, 11) is 0. The molecule has 1 fully saturated rings. The number of halogens is 1. The van der Waals surface area contributed by atoms with Gasteiger partial charge in [0.05, 0.1) is 6.04 Å². The van der Waals surface area contributed by atoms with E-state index in [0.717, 1.165) is 18.4 Å². The zero-order valence-corrected chi connectivity index (χ0v) is 11.5. The molecule has 1 saturated heterocycles. The summed E-state index contributed by atoms with van der Waals surface area (Å²) < 4.78 is 5.27. The molecule has 1 amide bonds. The van der Waals surface area contributed by atoms with Gasteiger partial charge < -0.3 is 15.8 Å². The Labute approximate surface area is 118 Å². The quantitative estimate of drug-likeness (QED) is 0.884. The zero-order chi connectivity index (χ0) is 13.7. The molecule has 0 spiro atoms. The molecule has 104 valence electrons. The highest BCUT2D eigenvalue weighted by atomic mass is 35.5. The number of hydrogen-bond acceptors (Lipinski definition) is 3. The lowest BCUT2D eigenvalue weighted by Gasteiger charge is -2.26. The van der Waals surface area contributed by atoms with Crippen LogP contribution in [0.25, 0.3) is 0 Å². The van der Waals surface area contributed by atoms with E-state index in [1.807, 2.05) is 12.1 Å². The Morgan fingerprint density at radius 2 is 2.00 bits per heavy atom. The number of carbonyl (C=O) groups excluding carboxylic acids is 1. The molecule has 0 aliphatic carbocycles. The number of ether oxygens (including phenoxy) is 1. The van der Waals surface area contributed by atoms with Crippen molar-refractivity contribution in [2.45, 2.75) is 25.4 Å². The van der Waals surface area contributed by atoms with Gasteiger partial charge in [-0.3, -0.25) is 4.79 Å². The van der Waals surface area contributed by atoms with Gasteiger partial charge in [0.2, 0.25) is 5.91 Å². The molecule has 0 bridgehead atoms. The fraction of sp³-hybridized carbons (Fsp3) is 0.500. The lowest BCUT2D eigenvalue weighted by Crippen LogP contribution is -2.46. The molecule has 1 unspecified atom stereocenters. The molecule has 0 aromatic heterocycles. The Balaban J connectivity index is 1.81. The number of hydrogen-bond donors (Lipinski definition) is 2. The number of amides is 1. The van der Waals surface area contributed by atoms with E-state index in [1.165, 1.54) is 0 Å². The van der Waals surface area contributed by atoms with Gasteiger partial charge in [-0.25, -0.2) is 0 Å². The first kappa shape index (κ1) is 14.3. The van der Waals surface area contributed by atoms with Crippen molar-refractivity contribution in [1.82, 2.24) is 5.32 Å². The highest BCUT2D eigenvalue weighted by molar-refractivity contribution is 6.30. The third-order valence-corrected chi connectivity index (χ3v) is 3.71. The molecular weight excluding hydrogens is 264 g/mol. The maximum Gasteiger partial charge on any atom is 0.237 e. The van der Waals surface area contributed by atoms with Crippen molar-refractivity contribution in [3.8, 4) is 0 Å². The van der Waals surface area contributed by atoms with Crippen molar-refractivity contribution in [2.75, 3.05) is 13.2 Å². The molecule has 1 aliphatic rings. The maximum absolute atomic E-state index is 12.0. The van der Waals surface area contributed by atoms with Crippen LogP contribution < -0.4 is 11.1 Å². The third kappa shape index (κ3) is 4.20. The van der Waals surface area contributed by atoms with Gasteiger partial charge in [0.1, 0.15) is 0 Å². The SMILES string of the molecule is NC(C(=O)NCc1ccc(Cl)cc1)C1CCOCC1. The summed E-state index contributed by atoms with van der Waals surface area (Å²) in [6.07, 6.45) is 1.71. The van der Waals surface area contributed by atoms with E-state index < -0.39 is 6.04 Å². The number of nitrogens with two attached hydrogens (primary N) is 1. The fourth-order valence-electron chi connectivity index (χ4n) is 2.20. The summed E-state index contributed by atoms with van der Waals surface area (Å²) in [5.74, 6) is 0.126. The van der Waals surface area contributed by atoms with Crippen LogP contribution in [-0.2, 0) is 16.1 Å². The van der Waals surface area contributed by atoms with Crippen LogP contribution in [0, 0.1) is 5.92 Å². The predicted octanol–water partition coefficient (Wildman–Crippen LogP) is 1.71. The molecule has 3 N–H and O–H groups in total. The van der Waals surface area contributed by atoms with Crippen molar-refractivity contribution in [2.24, 2.45) is 11.7 Å². The molecule has 1 aliphatic heterocycles. The molecule has 1 heterocycles. The van der Waals surface area contributed by atoms with Crippen molar-refractivity contribution in [3.63, 3.8) is 0 Å². The molecular formula is C14H19ClN2O2. The largest absolute Gasteiger partial charge is 0.381 e. The minimum atomic E-state index is -0.448. The Morgan fingerprint density at radius 1 is 1.37 bits per heavy atom. The first-order valence-electron chi connectivity index (χ1n) is 6.52. The maximum atomic E-state index is 12.0. The minimum absolute atomic E-state index is 0.0955. The van der Waals surface area contributed by atoms with Crippen LogP contribution in [0.1, 0.15) is 18.4 Å². The molecule has 19 heavy (non-hydrogen) atoms. The van der Waals surface area contributed by atoms with Crippen LogP contribution in [0.3, 0.4) is 0 Å². The van der Waals surface area contributed by atoms with Crippen molar-refractivity contribution in [1.29, 1.82) is 0 Å². The lowest BCUT2D eigenvalue weighted by atomic mass is 9.92. The van der Waals surface area contributed by atoms with Crippen LogP contribution >= 0.6 is 11.6 Å². The number of rotatable bonds is 4.